The van der Waals surface area contributed by atoms with Gasteiger partial charge in [0.05, 0.1) is 23.8 Å². The third-order valence-electron chi connectivity index (χ3n) is 3.97. The molecule has 25 heavy (non-hydrogen) atoms. The van der Waals surface area contributed by atoms with E-state index in [-0.39, 0.29) is 10.6 Å². The Morgan fingerprint density at radius 2 is 2.00 bits per heavy atom. The molecular weight excluding hydrogens is 437 g/mol. The zero-order valence-electron chi connectivity index (χ0n) is 13.6. The Morgan fingerprint density at radius 1 is 1.24 bits per heavy atom. The molecule has 0 aliphatic carbocycles. The van der Waals surface area contributed by atoms with E-state index < -0.39 is 3.55 Å². The topological polar surface area (TPSA) is 76.9 Å². The highest BCUT2D eigenvalue weighted by Crippen LogP contribution is 2.47. The number of halogens is 1. The molecule has 1 aliphatic rings. The van der Waals surface area contributed by atoms with Gasteiger partial charge in [0.25, 0.3) is 5.69 Å². The summed E-state index contributed by atoms with van der Waals surface area (Å²) >= 11 is 2.29. The quantitative estimate of drug-likeness (QED) is 0.173. The van der Waals surface area contributed by atoms with Crippen LogP contribution in [0.2, 0.25) is 0 Å². The van der Waals surface area contributed by atoms with Crippen LogP contribution in [0, 0.1) is 10.1 Å². The van der Waals surface area contributed by atoms with Gasteiger partial charge < -0.3 is 9.47 Å². The van der Waals surface area contributed by atoms with Gasteiger partial charge in [0.1, 0.15) is 10.3 Å². The zero-order valence-corrected chi connectivity index (χ0v) is 15.8. The highest BCUT2D eigenvalue weighted by Gasteiger charge is 2.42. The van der Waals surface area contributed by atoms with E-state index in [0.29, 0.717) is 19.9 Å². The monoisotopic (exact) mass is 455 g/mol. The van der Waals surface area contributed by atoms with Crippen LogP contribution in [0.1, 0.15) is 11.1 Å². The molecule has 0 saturated heterocycles. The molecule has 1 heterocycles. The summed E-state index contributed by atoms with van der Waals surface area (Å²) in [5.74, 6) is 0. The number of hydrazine groups is 1. The average molecular weight is 455 g/mol. The van der Waals surface area contributed by atoms with Crippen molar-refractivity contribution in [3.05, 3.63) is 69.8 Å². The fourth-order valence-electron chi connectivity index (χ4n) is 2.74. The van der Waals surface area contributed by atoms with Gasteiger partial charge >= 0.3 is 0 Å². The lowest BCUT2D eigenvalue weighted by Gasteiger charge is -2.26. The number of ether oxygens (including phenoxy) is 2. The van der Waals surface area contributed by atoms with Crippen LogP contribution in [0.4, 0.5) is 11.4 Å². The number of rotatable bonds is 7. The van der Waals surface area contributed by atoms with E-state index >= 15 is 0 Å². The van der Waals surface area contributed by atoms with Gasteiger partial charge in [-0.1, -0.05) is 30.3 Å². The predicted molar refractivity (Wildman–Crippen MR) is 103 cm³/mol. The van der Waals surface area contributed by atoms with Crippen molar-refractivity contribution in [2.75, 3.05) is 32.1 Å². The highest BCUT2D eigenvalue weighted by atomic mass is 127. The first-order valence-electron chi connectivity index (χ1n) is 7.71. The molecule has 1 unspecified atom stereocenters. The van der Waals surface area contributed by atoms with Crippen molar-refractivity contribution in [1.82, 2.24) is 5.43 Å². The SMILES string of the molecule is COCCOCN1NC(I)(c2ccccc2)c2cc([N+](=O)[O-])ccc21. The summed E-state index contributed by atoms with van der Waals surface area (Å²) in [6, 6.07) is 14.7. The molecule has 7 nitrogen and oxygen atoms in total. The molecule has 2 aromatic rings. The Morgan fingerprint density at radius 3 is 2.68 bits per heavy atom. The minimum Gasteiger partial charge on any atom is -0.382 e. The number of benzene rings is 2. The maximum atomic E-state index is 11.2. The molecule has 0 radical (unpaired) electrons. The van der Waals surface area contributed by atoms with Crippen LogP contribution in [0.25, 0.3) is 0 Å². The molecule has 8 heteroatoms. The maximum Gasteiger partial charge on any atom is 0.269 e. The summed E-state index contributed by atoms with van der Waals surface area (Å²) in [6.07, 6.45) is 0. The molecular formula is C17H18IN3O4. The van der Waals surface area contributed by atoms with Crippen LogP contribution in [0.15, 0.2) is 48.5 Å². The van der Waals surface area contributed by atoms with E-state index in [1.54, 1.807) is 19.2 Å². The van der Waals surface area contributed by atoms with Crippen LogP contribution < -0.4 is 10.4 Å². The third kappa shape index (κ3) is 3.61. The van der Waals surface area contributed by atoms with Crippen LogP contribution in [0.3, 0.4) is 0 Å². The Labute approximate surface area is 159 Å². The molecule has 0 fully saturated rings. The lowest BCUT2D eigenvalue weighted by molar-refractivity contribution is -0.384. The number of nitrogens with one attached hydrogen (secondary N) is 1. The van der Waals surface area contributed by atoms with Crippen molar-refractivity contribution in [3.8, 4) is 0 Å². The third-order valence-corrected chi connectivity index (χ3v) is 5.41. The smallest absolute Gasteiger partial charge is 0.269 e. The summed E-state index contributed by atoms with van der Waals surface area (Å²) in [4.78, 5) is 10.8. The van der Waals surface area contributed by atoms with Crippen molar-refractivity contribution in [2.45, 2.75) is 3.55 Å². The van der Waals surface area contributed by atoms with Crippen molar-refractivity contribution < 1.29 is 14.4 Å². The number of methoxy groups -OCH3 is 1. The molecule has 2 aromatic carbocycles. The molecule has 0 amide bonds. The standard InChI is InChI=1S/C17H18IN3O4/c1-24-9-10-25-12-20-16-8-7-14(21(22)23)11-15(16)17(18,19-20)13-5-3-2-4-6-13/h2-8,11,19H,9-10,12H2,1H3. The van der Waals surface area contributed by atoms with Crippen molar-refractivity contribution in [2.24, 2.45) is 0 Å². The molecule has 1 N–H and O–H groups in total. The van der Waals surface area contributed by atoms with Gasteiger partial charge in [-0.25, -0.2) is 5.43 Å². The van der Waals surface area contributed by atoms with Crippen LogP contribution in [-0.2, 0) is 13.0 Å². The Bertz CT molecular complexity index is 759. The van der Waals surface area contributed by atoms with Crippen LogP contribution in [-0.4, -0.2) is 32.0 Å². The number of alkyl halides is 1. The first-order chi connectivity index (χ1) is 12.1. The van der Waals surface area contributed by atoms with Gasteiger partial charge in [0.2, 0.25) is 0 Å². The fraction of sp³-hybridized carbons (Fsp3) is 0.294. The second-order valence-corrected chi connectivity index (χ2v) is 7.17. The van der Waals surface area contributed by atoms with E-state index in [1.807, 2.05) is 35.3 Å². The molecule has 0 bridgehead atoms. The Hall–Kier alpha value is -1.75. The Balaban J connectivity index is 1.96. The van der Waals surface area contributed by atoms with Gasteiger partial charge in [0.15, 0.2) is 0 Å². The van der Waals surface area contributed by atoms with E-state index in [0.717, 1.165) is 16.8 Å². The molecule has 0 spiro atoms. The molecule has 3 rings (SSSR count). The first-order valence-corrected chi connectivity index (χ1v) is 8.79. The second kappa shape index (κ2) is 7.65. The Kier molecular flexibility index (Phi) is 5.52. The molecule has 1 aliphatic heterocycles. The summed E-state index contributed by atoms with van der Waals surface area (Å²) in [6.45, 7) is 1.29. The lowest BCUT2D eigenvalue weighted by Crippen LogP contribution is -2.44. The number of nitro groups is 1. The summed E-state index contributed by atoms with van der Waals surface area (Å²) < 4.78 is 10.0. The average Bonchev–Trinajstić information content (AvgIpc) is 2.92. The molecule has 1 atom stereocenters. The lowest BCUT2D eigenvalue weighted by atomic mass is 9.99. The highest BCUT2D eigenvalue weighted by molar-refractivity contribution is 14.1. The number of anilines is 1. The van der Waals surface area contributed by atoms with Crippen molar-refractivity contribution in [1.29, 1.82) is 0 Å². The number of fused-ring (bicyclic) bond motifs is 1. The maximum absolute atomic E-state index is 11.2. The van der Waals surface area contributed by atoms with Gasteiger partial charge in [0, 0.05) is 24.8 Å². The van der Waals surface area contributed by atoms with Crippen molar-refractivity contribution >= 4 is 34.0 Å². The summed E-state index contributed by atoms with van der Waals surface area (Å²) in [5, 5.41) is 13.1. The summed E-state index contributed by atoms with van der Waals surface area (Å²) in [7, 11) is 1.62. The minimum absolute atomic E-state index is 0.0691. The van der Waals surface area contributed by atoms with E-state index in [4.69, 9.17) is 9.47 Å². The van der Waals surface area contributed by atoms with Crippen LogP contribution in [0.5, 0.6) is 0 Å². The normalized spacial score (nSPS) is 19.0. The first kappa shape index (κ1) is 18.1. The van der Waals surface area contributed by atoms with Gasteiger partial charge in [-0.2, -0.15) is 0 Å². The second-order valence-electron chi connectivity index (χ2n) is 5.55. The predicted octanol–water partition coefficient (Wildman–Crippen LogP) is 3.18. The minimum atomic E-state index is -0.606. The molecule has 132 valence electrons. The largest absolute Gasteiger partial charge is 0.382 e. The number of hydrogen-bond acceptors (Lipinski definition) is 6. The number of non-ortho nitro benzene ring substituents is 1. The van der Waals surface area contributed by atoms with Gasteiger partial charge in [-0.15, -0.1) is 0 Å². The van der Waals surface area contributed by atoms with Gasteiger partial charge in [-0.3, -0.25) is 15.1 Å². The molecule has 0 saturated carbocycles. The number of nitro benzene ring substituents is 1. The van der Waals surface area contributed by atoms with Crippen LogP contribution >= 0.6 is 22.6 Å². The van der Waals surface area contributed by atoms with E-state index in [2.05, 4.69) is 28.0 Å². The number of hydrogen-bond donors (Lipinski definition) is 1. The van der Waals surface area contributed by atoms with E-state index in [1.165, 1.54) is 6.07 Å². The zero-order chi connectivity index (χ0) is 17.9. The van der Waals surface area contributed by atoms with E-state index in [9.17, 15) is 10.1 Å². The van der Waals surface area contributed by atoms with Gasteiger partial charge in [-0.05, 0) is 34.2 Å². The van der Waals surface area contributed by atoms with Crippen molar-refractivity contribution in [3.63, 3.8) is 0 Å². The fourth-order valence-corrected chi connectivity index (χ4v) is 3.83. The summed E-state index contributed by atoms with van der Waals surface area (Å²) in [5.41, 5.74) is 6.20. The molecule has 0 aromatic heterocycles. The number of nitrogens with zero attached hydrogens (tertiary/aromatic N) is 2.